The maximum Gasteiger partial charge on any atom is 0.410 e. The maximum atomic E-state index is 12.9. The summed E-state index contributed by atoms with van der Waals surface area (Å²) in [5.74, 6) is -0.236. The summed E-state index contributed by atoms with van der Waals surface area (Å²) in [6.45, 7) is 6.65. The molecule has 0 bridgehead atoms. The zero-order valence-electron chi connectivity index (χ0n) is 16.9. The first kappa shape index (κ1) is 19.2. The van der Waals surface area contributed by atoms with Gasteiger partial charge in [-0.05, 0) is 39.7 Å². The maximum absolute atomic E-state index is 12.9. The Morgan fingerprint density at radius 2 is 1.90 bits per heavy atom. The fraction of sp³-hybridized carbons (Fsp3) is 0.429. The van der Waals surface area contributed by atoms with Crippen molar-refractivity contribution in [3.63, 3.8) is 0 Å². The van der Waals surface area contributed by atoms with Crippen LogP contribution in [0, 0.1) is 0 Å². The molecule has 0 unspecified atom stereocenters. The lowest BCUT2D eigenvalue weighted by Crippen LogP contribution is -2.47. The number of benzene rings is 1. The van der Waals surface area contributed by atoms with Crippen LogP contribution in [0.25, 0.3) is 21.9 Å². The number of ether oxygens (including phenoxy) is 1. The number of nitrogens with one attached hydrogen (secondary N) is 2. The summed E-state index contributed by atoms with van der Waals surface area (Å²) in [7, 11) is 0. The highest BCUT2D eigenvalue weighted by Crippen LogP contribution is 2.25. The fourth-order valence-corrected chi connectivity index (χ4v) is 3.60. The van der Waals surface area contributed by atoms with Crippen LogP contribution < -0.4 is 5.32 Å². The van der Waals surface area contributed by atoms with Gasteiger partial charge in [-0.2, -0.15) is 0 Å². The molecule has 152 valence electrons. The number of piperidine rings is 1. The van der Waals surface area contributed by atoms with Crippen LogP contribution in [0.3, 0.4) is 0 Å². The SMILES string of the molecule is CC(C)(C)OC(=O)N1CCC(NC(=O)c2ncnc3c2[nH]c2ccccc23)CC1. The van der Waals surface area contributed by atoms with Crippen LogP contribution in [-0.2, 0) is 4.74 Å². The standard InChI is InChI=1S/C21H25N5O3/c1-21(2,3)29-20(28)26-10-8-13(9-11-26)24-19(27)18-17-16(22-12-23-18)14-6-4-5-7-15(14)25-17/h4-7,12-13,25H,8-11H2,1-3H3,(H,24,27). The largest absolute Gasteiger partial charge is 0.444 e. The molecule has 3 aromatic rings. The van der Waals surface area contributed by atoms with Gasteiger partial charge < -0.3 is 19.9 Å². The molecule has 1 saturated heterocycles. The van der Waals surface area contributed by atoms with Crippen molar-refractivity contribution in [3.8, 4) is 0 Å². The summed E-state index contributed by atoms with van der Waals surface area (Å²) >= 11 is 0. The lowest BCUT2D eigenvalue weighted by Gasteiger charge is -2.33. The second kappa shape index (κ2) is 7.35. The Kier molecular flexibility index (Phi) is 4.86. The second-order valence-electron chi connectivity index (χ2n) is 8.33. The minimum Gasteiger partial charge on any atom is -0.444 e. The number of aromatic nitrogens is 3. The summed E-state index contributed by atoms with van der Waals surface area (Å²) in [5, 5.41) is 4.01. The number of H-pyrrole nitrogens is 1. The van der Waals surface area contributed by atoms with Crippen molar-refractivity contribution >= 4 is 33.9 Å². The molecule has 1 aliphatic rings. The molecule has 3 heterocycles. The highest BCUT2D eigenvalue weighted by Gasteiger charge is 2.28. The third kappa shape index (κ3) is 4.01. The van der Waals surface area contributed by atoms with Gasteiger partial charge in [-0.3, -0.25) is 4.79 Å². The van der Waals surface area contributed by atoms with Crippen molar-refractivity contribution in [1.29, 1.82) is 0 Å². The quantitative estimate of drug-likeness (QED) is 0.694. The molecule has 1 aliphatic heterocycles. The van der Waals surface area contributed by atoms with Gasteiger partial charge in [-0.15, -0.1) is 0 Å². The molecule has 0 aliphatic carbocycles. The number of likely N-dealkylation sites (tertiary alicyclic amines) is 1. The van der Waals surface area contributed by atoms with E-state index in [4.69, 9.17) is 4.74 Å². The number of hydrogen-bond acceptors (Lipinski definition) is 5. The first-order valence-corrected chi connectivity index (χ1v) is 9.82. The Hall–Kier alpha value is -3.16. The molecule has 1 fully saturated rings. The first-order valence-electron chi connectivity index (χ1n) is 9.82. The number of amides is 2. The molecule has 0 radical (unpaired) electrons. The smallest absolute Gasteiger partial charge is 0.410 e. The summed E-state index contributed by atoms with van der Waals surface area (Å²) in [6, 6.07) is 7.77. The zero-order valence-corrected chi connectivity index (χ0v) is 16.9. The van der Waals surface area contributed by atoms with Gasteiger partial charge in [0.15, 0.2) is 5.69 Å². The minimum absolute atomic E-state index is 0.0180. The minimum atomic E-state index is -0.514. The lowest BCUT2D eigenvalue weighted by atomic mass is 10.1. The van der Waals surface area contributed by atoms with E-state index in [2.05, 4.69) is 20.3 Å². The van der Waals surface area contributed by atoms with E-state index in [0.717, 1.165) is 16.4 Å². The van der Waals surface area contributed by atoms with Crippen LogP contribution in [0.1, 0.15) is 44.1 Å². The highest BCUT2D eigenvalue weighted by atomic mass is 16.6. The number of fused-ring (bicyclic) bond motifs is 3. The Morgan fingerprint density at radius 1 is 1.17 bits per heavy atom. The number of para-hydroxylation sites is 1. The van der Waals surface area contributed by atoms with Crippen molar-refractivity contribution in [2.24, 2.45) is 0 Å². The van der Waals surface area contributed by atoms with Gasteiger partial charge in [-0.1, -0.05) is 18.2 Å². The van der Waals surface area contributed by atoms with Gasteiger partial charge in [0.1, 0.15) is 17.4 Å². The second-order valence-corrected chi connectivity index (χ2v) is 8.33. The van der Waals surface area contributed by atoms with Gasteiger partial charge >= 0.3 is 6.09 Å². The molecule has 2 amide bonds. The summed E-state index contributed by atoms with van der Waals surface area (Å²) in [5.41, 5.74) is 2.11. The van der Waals surface area contributed by atoms with E-state index in [1.165, 1.54) is 6.33 Å². The normalized spacial score (nSPS) is 15.6. The summed E-state index contributed by atoms with van der Waals surface area (Å²) in [6.07, 6.45) is 2.46. The molecule has 1 aromatic carbocycles. The number of rotatable bonds is 2. The molecule has 8 nitrogen and oxygen atoms in total. The highest BCUT2D eigenvalue weighted by molar-refractivity contribution is 6.12. The molecule has 2 N–H and O–H groups in total. The molecule has 0 saturated carbocycles. The Labute approximate surface area is 168 Å². The molecule has 8 heteroatoms. The van der Waals surface area contributed by atoms with Crippen molar-refractivity contribution in [3.05, 3.63) is 36.3 Å². The Balaban J connectivity index is 1.44. The number of aromatic amines is 1. The van der Waals surface area contributed by atoms with Crippen LogP contribution in [0.4, 0.5) is 4.79 Å². The number of carbonyl (C=O) groups is 2. The summed E-state index contributed by atoms with van der Waals surface area (Å²) < 4.78 is 5.42. The predicted octanol–water partition coefficient (Wildman–Crippen LogP) is 3.24. The molecule has 29 heavy (non-hydrogen) atoms. The summed E-state index contributed by atoms with van der Waals surface area (Å²) in [4.78, 5) is 38.6. The molecule has 2 aromatic heterocycles. The molecule has 4 rings (SSSR count). The third-order valence-electron chi connectivity index (χ3n) is 4.99. The van der Waals surface area contributed by atoms with E-state index >= 15 is 0 Å². The van der Waals surface area contributed by atoms with E-state index in [-0.39, 0.29) is 18.0 Å². The van der Waals surface area contributed by atoms with Gasteiger partial charge in [-0.25, -0.2) is 14.8 Å². The monoisotopic (exact) mass is 395 g/mol. The Morgan fingerprint density at radius 3 is 2.62 bits per heavy atom. The fourth-order valence-electron chi connectivity index (χ4n) is 3.60. The number of carbonyl (C=O) groups excluding carboxylic acids is 2. The van der Waals surface area contributed by atoms with E-state index in [9.17, 15) is 9.59 Å². The van der Waals surface area contributed by atoms with Crippen molar-refractivity contribution < 1.29 is 14.3 Å². The van der Waals surface area contributed by atoms with Crippen molar-refractivity contribution in [2.45, 2.75) is 45.3 Å². The van der Waals surface area contributed by atoms with E-state index in [1.807, 2.05) is 45.0 Å². The van der Waals surface area contributed by atoms with Gasteiger partial charge in [0.25, 0.3) is 5.91 Å². The first-order chi connectivity index (χ1) is 13.8. The predicted molar refractivity (Wildman–Crippen MR) is 110 cm³/mol. The molecule has 0 spiro atoms. The van der Waals surface area contributed by atoms with Crippen LogP contribution in [0.15, 0.2) is 30.6 Å². The molecular formula is C21H25N5O3. The topological polar surface area (TPSA) is 100 Å². The number of nitrogens with zero attached hydrogens (tertiary/aromatic N) is 3. The van der Waals surface area contributed by atoms with Gasteiger partial charge in [0.2, 0.25) is 0 Å². The third-order valence-corrected chi connectivity index (χ3v) is 4.99. The Bertz CT molecular complexity index is 1060. The van der Waals surface area contributed by atoms with Crippen LogP contribution in [0.2, 0.25) is 0 Å². The van der Waals surface area contributed by atoms with Crippen molar-refractivity contribution in [1.82, 2.24) is 25.2 Å². The van der Waals surface area contributed by atoms with Crippen LogP contribution >= 0.6 is 0 Å². The van der Waals surface area contributed by atoms with Crippen LogP contribution in [-0.4, -0.2) is 56.6 Å². The van der Waals surface area contributed by atoms with E-state index < -0.39 is 5.60 Å². The van der Waals surface area contributed by atoms with Gasteiger partial charge in [0.05, 0.1) is 5.52 Å². The lowest BCUT2D eigenvalue weighted by molar-refractivity contribution is 0.0199. The average molecular weight is 395 g/mol. The zero-order chi connectivity index (χ0) is 20.6. The number of hydrogen-bond donors (Lipinski definition) is 2. The van der Waals surface area contributed by atoms with Crippen molar-refractivity contribution in [2.75, 3.05) is 13.1 Å². The molecular weight excluding hydrogens is 370 g/mol. The molecule has 0 atom stereocenters. The van der Waals surface area contributed by atoms with E-state index in [0.29, 0.717) is 37.1 Å². The van der Waals surface area contributed by atoms with Crippen LogP contribution in [0.5, 0.6) is 0 Å². The van der Waals surface area contributed by atoms with E-state index in [1.54, 1.807) is 4.90 Å². The van der Waals surface area contributed by atoms with Gasteiger partial charge in [0, 0.05) is 30.0 Å². The average Bonchev–Trinajstić information content (AvgIpc) is 3.06.